The molecular weight excluding hydrogens is 321 g/mol. The highest BCUT2D eigenvalue weighted by atomic mass is 79.9. The summed E-state index contributed by atoms with van der Waals surface area (Å²) >= 11 is 3.24. The van der Waals surface area contributed by atoms with Crippen LogP contribution in [0.4, 0.5) is 4.39 Å². The maximum absolute atomic E-state index is 13.3. The molecule has 108 valence electrons. The molecule has 2 aromatic rings. The quantitative estimate of drug-likeness (QED) is 0.871. The summed E-state index contributed by atoms with van der Waals surface area (Å²) in [5.41, 5.74) is 2.23. The maximum atomic E-state index is 13.3. The van der Waals surface area contributed by atoms with Crippen molar-refractivity contribution in [3.8, 4) is 0 Å². The predicted molar refractivity (Wildman–Crippen MR) is 82.0 cm³/mol. The van der Waals surface area contributed by atoms with Crippen molar-refractivity contribution in [3.63, 3.8) is 0 Å². The molecule has 1 aromatic carbocycles. The van der Waals surface area contributed by atoms with E-state index in [2.05, 4.69) is 33.2 Å². The number of hydrogen-bond acceptors (Lipinski definition) is 2. The summed E-state index contributed by atoms with van der Waals surface area (Å²) in [6.45, 7) is 3.08. The average Bonchev–Trinajstić information content (AvgIpc) is 2.85. The maximum Gasteiger partial charge on any atom is 0.137 e. The fraction of sp³-hybridized carbons (Fsp3) is 0.400. The van der Waals surface area contributed by atoms with Gasteiger partial charge in [0.2, 0.25) is 0 Å². The van der Waals surface area contributed by atoms with Crippen LogP contribution < -0.4 is 5.32 Å². The zero-order valence-electron chi connectivity index (χ0n) is 11.7. The molecule has 1 N–H and O–H groups in total. The molecule has 20 heavy (non-hydrogen) atoms. The Kier molecular flexibility index (Phi) is 5.31. The lowest BCUT2D eigenvalue weighted by molar-refractivity contribution is 0.503. The number of aromatic nitrogens is 2. The average molecular weight is 340 g/mol. The molecule has 3 nitrogen and oxygen atoms in total. The number of hydrogen-bond donors (Lipinski definition) is 1. The minimum absolute atomic E-state index is 0.180. The molecule has 0 bridgehead atoms. The van der Waals surface area contributed by atoms with Crippen LogP contribution in [0.1, 0.15) is 30.6 Å². The van der Waals surface area contributed by atoms with Crippen molar-refractivity contribution < 1.29 is 4.39 Å². The number of imidazole rings is 1. The zero-order valence-corrected chi connectivity index (χ0v) is 13.3. The second-order valence-corrected chi connectivity index (χ2v) is 5.74. The smallest absolute Gasteiger partial charge is 0.137 e. The van der Waals surface area contributed by atoms with Crippen LogP contribution in [0, 0.1) is 5.82 Å². The van der Waals surface area contributed by atoms with E-state index in [1.54, 1.807) is 6.33 Å². The summed E-state index contributed by atoms with van der Waals surface area (Å²) < 4.78 is 15.8. The standard InChI is InChI=1S/C15H19BrFN3/c1-3-6-19-14(15-9-18-10-20(15)2)8-11-4-5-13(17)12(16)7-11/h4-5,7,9-10,14,19H,3,6,8H2,1-2H3. The van der Waals surface area contributed by atoms with Gasteiger partial charge in [0.05, 0.1) is 22.5 Å². The van der Waals surface area contributed by atoms with Gasteiger partial charge in [0.25, 0.3) is 0 Å². The van der Waals surface area contributed by atoms with Gasteiger partial charge < -0.3 is 9.88 Å². The van der Waals surface area contributed by atoms with Crippen molar-refractivity contribution >= 4 is 15.9 Å². The highest BCUT2D eigenvalue weighted by Crippen LogP contribution is 2.22. The van der Waals surface area contributed by atoms with Crippen LogP contribution in [-0.4, -0.2) is 16.1 Å². The summed E-state index contributed by atoms with van der Waals surface area (Å²) in [7, 11) is 1.99. The molecular formula is C15H19BrFN3. The minimum atomic E-state index is -0.229. The summed E-state index contributed by atoms with van der Waals surface area (Å²) in [6.07, 6.45) is 5.56. The Hall–Kier alpha value is -1.20. The Bertz CT molecular complexity index is 568. The first-order valence-electron chi connectivity index (χ1n) is 6.75. The van der Waals surface area contributed by atoms with Crippen LogP contribution in [0.25, 0.3) is 0 Å². The molecule has 5 heteroatoms. The SMILES string of the molecule is CCCNC(Cc1ccc(F)c(Br)c1)c1cncn1C. The Balaban J connectivity index is 2.19. The van der Waals surface area contributed by atoms with Crippen LogP contribution in [-0.2, 0) is 13.5 Å². The van der Waals surface area contributed by atoms with E-state index in [-0.39, 0.29) is 11.9 Å². The van der Waals surface area contributed by atoms with E-state index in [0.29, 0.717) is 4.47 Å². The number of nitrogens with zero attached hydrogens (tertiary/aromatic N) is 2. The minimum Gasteiger partial charge on any atom is -0.336 e. The Morgan fingerprint density at radius 2 is 2.25 bits per heavy atom. The first kappa shape index (κ1) is 15.2. The van der Waals surface area contributed by atoms with Gasteiger partial charge in [0.15, 0.2) is 0 Å². The van der Waals surface area contributed by atoms with Gasteiger partial charge in [0.1, 0.15) is 5.82 Å². The largest absolute Gasteiger partial charge is 0.336 e. The number of nitrogens with one attached hydrogen (secondary N) is 1. The molecule has 2 rings (SSSR count). The Labute approximate surface area is 127 Å². The van der Waals surface area contributed by atoms with Crippen LogP contribution in [0.2, 0.25) is 0 Å². The molecule has 0 aliphatic rings. The van der Waals surface area contributed by atoms with Crippen LogP contribution >= 0.6 is 15.9 Å². The summed E-state index contributed by atoms with van der Waals surface area (Å²) in [6, 6.07) is 5.35. The van der Waals surface area contributed by atoms with Crippen molar-refractivity contribution in [2.24, 2.45) is 7.05 Å². The van der Waals surface area contributed by atoms with Gasteiger partial charge in [-0.3, -0.25) is 0 Å². The molecule has 0 spiro atoms. The van der Waals surface area contributed by atoms with Crippen molar-refractivity contribution in [2.45, 2.75) is 25.8 Å². The molecule has 1 atom stereocenters. The van der Waals surface area contributed by atoms with Crippen molar-refractivity contribution in [1.82, 2.24) is 14.9 Å². The second kappa shape index (κ2) is 6.99. The zero-order chi connectivity index (χ0) is 14.5. The molecule has 0 saturated carbocycles. The predicted octanol–water partition coefficient (Wildman–Crippen LogP) is 3.61. The van der Waals surface area contributed by atoms with Crippen molar-refractivity contribution in [2.75, 3.05) is 6.54 Å². The van der Waals surface area contributed by atoms with Gasteiger partial charge in [-0.05, 0) is 53.0 Å². The normalized spacial score (nSPS) is 12.6. The Morgan fingerprint density at radius 3 is 2.85 bits per heavy atom. The van der Waals surface area contributed by atoms with E-state index in [0.717, 1.165) is 30.6 Å². The lowest BCUT2D eigenvalue weighted by Gasteiger charge is -2.19. The molecule has 0 fully saturated rings. The highest BCUT2D eigenvalue weighted by Gasteiger charge is 2.15. The summed E-state index contributed by atoms with van der Waals surface area (Å²) in [4.78, 5) is 4.18. The van der Waals surface area contributed by atoms with E-state index in [1.165, 1.54) is 6.07 Å². The molecule has 1 aromatic heterocycles. The van der Waals surface area contributed by atoms with Crippen molar-refractivity contribution in [1.29, 1.82) is 0 Å². The third-order valence-electron chi connectivity index (χ3n) is 3.28. The number of benzene rings is 1. The van der Waals surface area contributed by atoms with Crippen LogP contribution in [0.15, 0.2) is 35.2 Å². The van der Waals surface area contributed by atoms with Gasteiger partial charge in [-0.15, -0.1) is 0 Å². The van der Waals surface area contributed by atoms with E-state index < -0.39 is 0 Å². The first-order valence-corrected chi connectivity index (χ1v) is 7.54. The topological polar surface area (TPSA) is 29.9 Å². The highest BCUT2D eigenvalue weighted by molar-refractivity contribution is 9.10. The van der Waals surface area contributed by atoms with E-state index in [4.69, 9.17) is 0 Å². The van der Waals surface area contributed by atoms with E-state index >= 15 is 0 Å². The molecule has 0 radical (unpaired) electrons. The number of halogens is 2. The Morgan fingerprint density at radius 1 is 1.45 bits per heavy atom. The fourth-order valence-corrected chi connectivity index (χ4v) is 2.63. The molecule has 0 saturated heterocycles. The van der Waals surface area contributed by atoms with Gasteiger partial charge in [-0.1, -0.05) is 13.0 Å². The number of aryl methyl sites for hydroxylation is 1. The van der Waals surface area contributed by atoms with Crippen molar-refractivity contribution in [3.05, 3.63) is 52.3 Å². The molecule has 0 aliphatic heterocycles. The molecule has 1 heterocycles. The van der Waals surface area contributed by atoms with Gasteiger partial charge >= 0.3 is 0 Å². The van der Waals surface area contributed by atoms with E-state index in [1.807, 2.05) is 29.9 Å². The first-order chi connectivity index (χ1) is 9.61. The molecule has 0 amide bonds. The van der Waals surface area contributed by atoms with Crippen LogP contribution in [0.3, 0.4) is 0 Å². The lowest BCUT2D eigenvalue weighted by atomic mass is 10.0. The third-order valence-corrected chi connectivity index (χ3v) is 3.88. The van der Waals surface area contributed by atoms with Gasteiger partial charge in [-0.2, -0.15) is 0 Å². The van der Waals surface area contributed by atoms with Gasteiger partial charge in [0, 0.05) is 13.2 Å². The van der Waals surface area contributed by atoms with E-state index in [9.17, 15) is 4.39 Å². The molecule has 1 unspecified atom stereocenters. The lowest BCUT2D eigenvalue weighted by Crippen LogP contribution is -2.25. The monoisotopic (exact) mass is 339 g/mol. The third kappa shape index (κ3) is 3.67. The van der Waals surface area contributed by atoms with Gasteiger partial charge in [-0.25, -0.2) is 9.37 Å². The second-order valence-electron chi connectivity index (χ2n) is 4.89. The summed E-state index contributed by atoms with van der Waals surface area (Å²) in [5, 5.41) is 3.53. The molecule has 0 aliphatic carbocycles. The van der Waals surface area contributed by atoms with Crippen LogP contribution in [0.5, 0.6) is 0 Å². The number of rotatable bonds is 6. The fourth-order valence-electron chi connectivity index (χ4n) is 2.21. The summed E-state index contributed by atoms with van der Waals surface area (Å²) in [5.74, 6) is -0.229.